The third-order valence-electron chi connectivity index (χ3n) is 3.19. The van der Waals surface area contributed by atoms with Crippen LogP contribution in [0, 0.1) is 0 Å². The van der Waals surface area contributed by atoms with Crippen LogP contribution in [0.15, 0.2) is 65.1 Å². The van der Waals surface area contributed by atoms with Crippen LogP contribution in [0.25, 0.3) is 0 Å². The molecule has 5 heteroatoms. The molecule has 0 unspecified atom stereocenters. The topological polar surface area (TPSA) is 46.6 Å². The molecule has 0 atom stereocenters. The molecule has 0 spiro atoms. The van der Waals surface area contributed by atoms with Gasteiger partial charge in [-0.25, -0.2) is 0 Å². The van der Waals surface area contributed by atoms with Gasteiger partial charge in [0.05, 0.1) is 0 Å². The number of anilines is 1. The van der Waals surface area contributed by atoms with Crippen molar-refractivity contribution in [2.24, 2.45) is 0 Å². The fraction of sp³-hybridized carbons (Fsp3) is 0.0588. The summed E-state index contributed by atoms with van der Waals surface area (Å²) >= 11 is -0.171. The van der Waals surface area contributed by atoms with Crippen molar-refractivity contribution in [3.8, 4) is 5.75 Å². The number of ether oxygens (including phenoxy) is 1. The SMILES string of the molecule is COc1ccc(N2C(=O)C=C([Se]c3ccccc3)C2=O)cc1. The van der Waals surface area contributed by atoms with Crippen molar-refractivity contribution in [2.75, 3.05) is 12.0 Å². The first-order valence-electron chi connectivity index (χ1n) is 6.66. The molecule has 0 aromatic heterocycles. The van der Waals surface area contributed by atoms with E-state index in [0.717, 1.165) is 4.46 Å². The van der Waals surface area contributed by atoms with Crippen molar-refractivity contribution in [3.05, 3.63) is 65.1 Å². The van der Waals surface area contributed by atoms with E-state index in [1.165, 1.54) is 11.0 Å². The van der Waals surface area contributed by atoms with Gasteiger partial charge in [-0.15, -0.1) is 0 Å². The Morgan fingerprint density at radius 3 is 2.27 bits per heavy atom. The number of rotatable bonds is 4. The van der Waals surface area contributed by atoms with Gasteiger partial charge in [-0.3, -0.25) is 0 Å². The molecule has 0 saturated carbocycles. The fourth-order valence-corrected chi connectivity index (χ4v) is 3.97. The molecular weight excluding hydrogens is 345 g/mol. The van der Waals surface area contributed by atoms with E-state index >= 15 is 0 Å². The number of carbonyl (C=O) groups is 2. The zero-order valence-electron chi connectivity index (χ0n) is 11.9. The number of hydrogen-bond donors (Lipinski definition) is 0. The summed E-state index contributed by atoms with van der Waals surface area (Å²) in [6.07, 6.45) is 1.44. The number of carbonyl (C=O) groups excluding carboxylic acids is 2. The summed E-state index contributed by atoms with van der Waals surface area (Å²) < 4.78 is 6.72. The number of imide groups is 1. The molecule has 1 aliphatic heterocycles. The molecule has 1 aliphatic rings. The molecule has 0 fully saturated rings. The first kappa shape index (κ1) is 14.6. The van der Waals surface area contributed by atoms with Gasteiger partial charge < -0.3 is 0 Å². The van der Waals surface area contributed by atoms with Gasteiger partial charge >= 0.3 is 134 Å². The van der Waals surface area contributed by atoms with E-state index in [0.29, 0.717) is 15.9 Å². The van der Waals surface area contributed by atoms with Crippen molar-refractivity contribution >= 4 is 36.9 Å². The van der Waals surface area contributed by atoms with Gasteiger partial charge in [-0.2, -0.15) is 0 Å². The van der Waals surface area contributed by atoms with Gasteiger partial charge in [0.25, 0.3) is 0 Å². The standard InChI is InChI=1S/C17H13NO3Se/c1-21-13-9-7-12(8-10-13)18-16(19)11-15(17(18)20)22-14-5-3-2-4-6-14/h2-11H,1H3. The van der Waals surface area contributed by atoms with E-state index < -0.39 is 0 Å². The normalized spacial score (nSPS) is 14.2. The van der Waals surface area contributed by atoms with Crippen molar-refractivity contribution in [3.63, 3.8) is 0 Å². The van der Waals surface area contributed by atoms with Crippen molar-refractivity contribution in [1.29, 1.82) is 0 Å². The fourth-order valence-electron chi connectivity index (χ4n) is 2.11. The molecule has 2 aromatic rings. The summed E-state index contributed by atoms with van der Waals surface area (Å²) in [6, 6.07) is 16.6. The van der Waals surface area contributed by atoms with Gasteiger partial charge in [-0.05, 0) is 0 Å². The van der Waals surface area contributed by atoms with E-state index in [1.807, 2.05) is 30.3 Å². The van der Waals surface area contributed by atoms with Gasteiger partial charge in [0.2, 0.25) is 0 Å². The van der Waals surface area contributed by atoms with Gasteiger partial charge in [0.15, 0.2) is 0 Å². The Balaban J connectivity index is 1.81. The Morgan fingerprint density at radius 1 is 0.955 bits per heavy atom. The maximum atomic E-state index is 12.5. The molecule has 4 nitrogen and oxygen atoms in total. The first-order valence-corrected chi connectivity index (χ1v) is 8.37. The van der Waals surface area contributed by atoms with Crippen LogP contribution in [-0.4, -0.2) is 33.9 Å². The third-order valence-corrected chi connectivity index (χ3v) is 5.33. The van der Waals surface area contributed by atoms with Crippen LogP contribution >= 0.6 is 0 Å². The number of hydrogen-bond acceptors (Lipinski definition) is 3. The average molecular weight is 358 g/mol. The summed E-state index contributed by atoms with van der Waals surface area (Å²) in [7, 11) is 1.57. The van der Waals surface area contributed by atoms with E-state index in [4.69, 9.17) is 4.74 Å². The Morgan fingerprint density at radius 2 is 1.64 bits per heavy atom. The summed E-state index contributed by atoms with van der Waals surface area (Å²) in [5.41, 5.74) is 0.561. The molecular formula is C17H13NO3Se. The van der Waals surface area contributed by atoms with E-state index in [9.17, 15) is 9.59 Å². The minimum atomic E-state index is -0.289. The molecule has 0 saturated heterocycles. The second kappa shape index (κ2) is 6.18. The number of methoxy groups -OCH3 is 1. The first-order chi connectivity index (χ1) is 10.7. The molecule has 0 N–H and O–H groups in total. The summed E-state index contributed by atoms with van der Waals surface area (Å²) in [5, 5.41) is 0. The van der Waals surface area contributed by atoms with E-state index in [-0.39, 0.29) is 26.8 Å². The minimum absolute atomic E-state index is 0.171. The summed E-state index contributed by atoms with van der Waals surface area (Å²) in [4.78, 5) is 25.9. The Hall–Kier alpha value is -2.36. The van der Waals surface area contributed by atoms with Crippen LogP contribution in [-0.2, 0) is 9.59 Å². The Labute approximate surface area is 134 Å². The maximum absolute atomic E-state index is 12.5. The Bertz CT molecular complexity index is 738. The molecule has 0 radical (unpaired) electrons. The zero-order chi connectivity index (χ0) is 15.5. The average Bonchev–Trinajstić information content (AvgIpc) is 2.82. The Kier molecular flexibility index (Phi) is 4.09. The van der Waals surface area contributed by atoms with Gasteiger partial charge in [-0.1, -0.05) is 0 Å². The van der Waals surface area contributed by atoms with E-state index in [1.54, 1.807) is 31.4 Å². The monoisotopic (exact) mass is 359 g/mol. The van der Waals surface area contributed by atoms with Crippen LogP contribution in [0.1, 0.15) is 0 Å². The number of amides is 2. The summed E-state index contributed by atoms with van der Waals surface area (Å²) in [6.45, 7) is 0. The second-order valence-electron chi connectivity index (χ2n) is 4.60. The van der Waals surface area contributed by atoms with Gasteiger partial charge in [0, 0.05) is 0 Å². The number of benzene rings is 2. The molecule has 110 valence electrons. The second-order valence-corrected chi connectivity index (χ2v) is 6.94. The van der Waals surface area contributed by atoms with Crippen LogP contribution < -0.4 is 14.1 Å². The van der Waals surface area contributed by atoms with Crippen LogP contribution in [0.5, 0.6) is 5.75 Å². The molecule has 1 heterocycles. The van der Waals surface area contributed by atoms with Crippen molar-refractivity contribution in [2.45, 2.75) is 0 Å². The van der Waals surface area contributed by atoms with Crippen LogP contribution in [0.4, 0.5) is 5.69 Å². The van der Waals surface area contributed by atoms with Crippen molar-refractivity contribution in [1.82, 2.24) is 0 Å². The predicted octanol–water partition coefficient (Wildman–Crippen LogP) is 1.48. The van der Waals surface area contributed by atoms with Crippen LogP contribution in [0.2, 0.25) is 0 Å². The zero-order valence-corrected chi connectivity index (χ0v) is 13.6. The molecule has 22 heavy (non-hydrogen) atoms. The molecule has 2 amide bonds. The third kappa shape index (κ3) is 2.82. The quantitative estimate of drug-likeness (QED) is 0.615. The van der Waals surface area contributed by atoms with Crippen LogP contribution in [0.3, 0.4) is 0 Å². The molecule has 0 bridgehead atoms. The van der Waals surface area contributed by atoms with E-state index in [2.05, 4.69) is 0 Å². The predicted molar refractivity (Wildman–Crippen MR) is 85.4 cm³/mol. The number of nitrogens with zero attached hydrogens (tertiary/aromatic N) is 1. The molecule has 0 aliphatic carbocycles. The van der Waals surface area contributed by atoms with Gasteiger partial charge in [0.1, 0.15) is 0 Å². The summed E-state index contributed by atoms with van der Waals surface area (Å²) in [5.74, 6) is 0.159. The van der Waals surface area contributed by atoms with Crippen molar-refractivity contribution < 1.29 is 14.3 Å². The molecule has 2 aromatic carbocycles. The molecule has 3 rings (SSSR count).